The molecule has 0 aromatic heterocycles. The Balaban J connectivity index is 3.58. The second-order valence-electron chi connectivity index (χ2n) is 18.1. The third-order valence-corrected chi connectivity index (χ3v) is 12.2. The van der Waals surface area contributed by atoms with Crippen LogP contribution < -0.4 is 5.32 Å². The van der Waals surface area contributed by atoms with Crippen LogP contribution in [0.5, 0.6) is 0 Å². The standard InChI is InChI=1S/C53H103NO4/c1-3-5-7-9-11-13-15-17-19-21-23-24-25-26-27-28-29-30-32-34-36-38-40-42-44-46-50(56)48-53(58)54-51(49-55)52(57)47-45-43-41-39-37-35-33-31-22-20-18-16-14-12-10-8-6-4-2/h26-27,45,47,50-52,55-57H,3-25,28-44,46,48-49H2,1-2H3,(H,54,58)/b27-26-,47-45+. The molecule has 0 saturated heterocycles. The number of amides is 1. The largest absolute Gasteiger partial charge is 0.394 e. The molecule has 0 radical (unpaired) electrons. The van der Waals surface area contributed by atoms with E-state index < -0.39 is 18.2 Å². The van der Waals surface area contributed by atoms with Crippen LogP contribution in [0.4, 0.5) is 0 Å². The summed E-state index contributed by atoms with van der Waals surface area (Å²) in [6, 6.07) is -0.743. The highest BCUT2D eigenvalue weighted by Gasteiger charge is 2.20. The number of carbonyl (C=O) groups excluding carboxylic acids is 1. The minimum absolute atomic E-state index is 0.0146. The van der Waals surface area contributed by atoms with Crippen molar-refractivity contribution in [3.8, 4) is 0 Å². The highest BCUT2D eigenvalue weighted by Crippen LogP contribution is 2.17. The Morgan fingerprint density at radius 2 is 0.724 bits per heavy atom. The zero-order valence-electron chi connectivity index (χ0n) is 39.2. The molecule has 3 unspecified atom stereocenters. The van der Waals surface area contributed by atoms with E-state index in [1.54, 1.807) is 6.08 Å². The van der Waals surface area contributed by atoms with E-state index in [9.17, 15) is 20.1 Å². The van der Waals surface area contributed by atoms with Gasteiger partial charge in [0.25, 0.3) is 0 Å². The van der Waals surface area contributed by atoms with E-state index >= 15 is 0 Å². The minimum atomic E-state index is -0.928. The first-order valence-corrected chi connectivity index (χ1v) is 26.1. The van der Waals surface area contributed by atoms with Crippen molar-refractivity contribution in [1.29, 1.82) is 0 Å². The second kappa shape index (κ2) is 48.5. The average Bonchev–Trinajstić information content (AvgIpc) is 3.22. The predicted molar refractivity (Wildman–Crippen MR) is 255 cm³/mol. The maximum absolute atomic E-state index is 12.5. The molecule has 0 bridgehead atoms. The third kappa shape index (κ3) is 44.4. The van der Waals surface area contributed by atoms with Gasteiger partial charge < -0.3 is 20.6 Å². The zero-order chi connectivity index (χ0) is 42.3. The number of hydrogen-bond acceptors (Lipinski definition) is 4. The van der Waals surface area contributed by atoms with E-state index in [1.807, 2.05) is 6.08 Å². The van der Waals surface area contributed by atoms with E-state index in [-0.39, 0.29) is 18.9 Å². The van der Waals surface area contributed by atoms with Crippen molar-refractivity contribution in [2.24, 2.45) is 0 Å². The number of hydrogen-bond donors (Lipinski definition) is 4. The van der Waals surface area contributed by atoms with E-state index in [4.69, 9.17) is 0 Å². The van der Waals surface area contributed by atoms with Crippen LogP contribution in [0.2, 0.25) is 0 Å². The minimum Gasteiger partial charge on any atom is -0.394 e. The fourth-order valence-electron chi connectivity index (χ4n) is 8.22. The molecule has 0 saturated carbocycles. The Kier molecular flexibility index (Phi) is 47.5. The van der Waals surface area contributed by atoms with Crippen molar-refractivity contribution in [1.82, 2.24) is 5.32 Å². The molecule has 0 heterocycles. The first-order chi connectivity index (χ1) is 28.5. The van der Waals surface area contributed by atoms with Crippen LogP contribution in [0, 0.1) is 0 Å². The van der Waals surface area contributed by atoms with Gasteiger partial charge in [0.05, 0.1) is 31.3 Å². The summed E-state index contributed by atoms with van der Waals surface area (Å²) >= 11 is 0. The summed E-state index contributed by atoms with van der Waals surface area (Å²) in [6.07, 6.45) is 60.6. The lowest BCUT2D eigenvalue weighted by molar-refractivity contribution is -0.124. The summed E-state index contributed by atoms with van der Waals surface area (Å²) in [5.74, 6) is -0.313. The van der Waals surface area contributed by atoms with Crippen molar-refractivity contribution in [2.75, 3.05) is 6.61 Å². The lowest BCUT2D eigenvalue weighted by atomic mass is 10.0. The fraction of sp³-hybridized carbons (Fsp3) is 0.906. The Bertz CT molecular complexity index is 859. The number of nitrogens with one attached hydrogen (secondary N) is 1. The molecule has 0 aliphatic heterocycles. The molecule has 344 valence electrons. The summed E-state index contributed by atoms with van der Waals surface area (Å²) in [6.45, 7) is 4.24. The SMILES string of the molecule is CCCCCCCCCCCCCC/C=C\CCCCCCCCCCCC(O)CC(=O)NC(CO)C(O)/C=C/CCCCCCCCCCCCCCCCCC. The zero-order valence-corrected chi connectivity index (χ0v) is 39.2. The maximum Gasteiger partial charge on any atom is 0.222 e. The van der Waals surface area contributed by atoms with Gasteiger partial charge in [0.1, 0.15) is 0 Å². The van der Waals surface area contributed by atoms with Gasteiger partial charge in [-0.15, -0.1) is 0 Å². The van der Waals surface area contributed by atoms with Crippen molar-refractivity contribution in [3.63, 3.8) is 0 Å². The smallest absolute Gasteiger partial charge is 0.222 e. The topological polar surface area (TPSA) is 89.8 Å². The molecule has 4 N–H and O–H groups in total. The molecule has 5 nitrogen and oxygen atoms in total. The van der Waals surface area contributed by atoms with E-state index in [1.165, 1.54) is 231 Å². The molecule has 0 aliphatic carbocycles. The van der Waals surface area contributed by atoms with Crippen molar-refractivity contribution in [2.45, 2.75) is 302 Å². The van der Waals surface area contributed by atoms with Crippen LogP contribution >= 0.6 is 0 Å². The molecule has 0 aromatic rings. The average molecular weight is 818 g/mol. The molecule has 58 heavy (non-hydrogen) atoms. The highest BCUT2D eigenvalue weighted by atomic mass is 16.3. The molecule has 0 aliphatic rings. The lowest BCUT2D eigenvalue weighted by Crippen LogP contribution is -2.45. The summed E-state index contributed by atoms with van der Waals surface area (Å²) in [5, 5.41) is 33.4. The number of carbonyl (C=O) groups is 1. The molecule has 1 amide bonds. The molecular weight excluding hydrogens is 715 g/mol. The van der Waals surface area contributed by atoms with Crippen LogP contribution in [0.15, 0.2) is 24.3 Å². The summed E-state index contributed by atoms with van der Waals surface area (Å²) in [5.41, 5.74) is 0. The van der Waals surface area contributed by atoms with Crippen LogP contribution in [-0.4, -0.2) is 46.1 Å². The molecule has 3 atom stereocenters. The Morgan fingerprint density at radius 3 is 1.05 bits per heavy atom. The highest BCUT2D eigenvalue weighted by molar-refractivity contribution is 5.76. The Morgan fingerprint density at radius 1 is 0.431 bits per heavy atom. The summed E-state index contributed by atoms with van der Waals surface area (Å²) in [4.78, 5) is 12.5. The number of allylic oxidation sites excluding steroid dienone is 3. The van der Waals surface area contributed by atoms with Crippen molar-refractivity contribution < 1.29 is 20.1 Å². The van der Waals surface area contributed by atoms with Gasteiger partial charge in [0.15, 0.2) is 0 Å². The van der Waals surface area contributed by atoms with Gasteiger partial charge in [0, 0.05) is 0 Å². The van der Waals surface area contributed by atoms with Gasteiger partial charge in [-0.05, 0) is 44.9 Å². The first-order valence-electron chi connectivity index (χ1n) is 26.1. The fourth-order valence-corrected chi connectivity index (χ4v) is 8.22. The molecule has 0 rings (SSSR count). The van der Waals surface area contributed by atoms with E-state index in [2.05, 4.69) is 31.3 Å². The van der Waals surface area contributed by atoms with E-state index in [0.29, 0.717) is 6.42 Å². The Labute approximate surface area is 362 Å². The van der Waals surface area contributed by atoms with Crippen molar-refractivity contribution in [3.05, 3.63) is 24.3 Å². The number of unbranched alkanes of at least 4 members (excludes halogenated alkanes) is 37. The predicted octanol–water partition coefficient (Wildman–Crippen LogP) is 15.7. The normalized spacial score (nSPS) is 13.5. The van der Waals surface area contributed by atoms with Crippen LogP contribution in [0.3, 0.4) is 0 Å². The second-order valence-corrected chi connectivity index (χ2v) is 18.1. The van der Waals surface area contributed by atoms with E-state index in [0.717, 1.165) is 25.7 Å². The van der Waals surface area contributed by atoms with Gasteiger partial charge >= 0.3 is 0 Å². The quantitative estimate of drug-likeness (QED) is 0.0364. The molecule has 0 spiro atoms. The summed E-state index contributed by atoms with van der Waals surface area (Å²) in [7, 11) is 0. The first kappa shape index (κ1) is 56.8. The van der Waals surface area contributed by atoms with Crippen molar-refractivity contribution >= 4 is 5.91 Å². The van der Waals surface area contributed by atoms with Crippen LogP contribution in [0.25, 0.3) is 0 Å². The monoisotopic (exact) mass is 818 g/mol. The third-order valence-electron chi connectivity index (χ3n) is 12.2. The summed E-state index contributed by atoms with van der Waals surface area (Å²) < 4.78 is 0. The molecule has 5 heteroatoms. The van der Waals surface area contributed by atoms with Gasteiger partial charge in [0.2, 0.25) is 5.91 Å². The number of rotatable bonds is 48. The number of aliphatic hydroxyl groups is 3. The lowest BCUT2D eigenvalue weighted by Gasteiger charge is -2.21. The molecule has 0 aromatic carbocycles. The van der Waals surface area contributed by atoms with Gasteiger partial charge in [-0.1, -0.05) is 256 Å². The molecular formula is C53H103NO4. The maximum atomic E-state index is 12.5. The molecule has 0 fully saturated rings. The van der Waals surface area contributed by atoms with Gasteiger partial charge in [-0.3, -0.25) is 4.79 Å². The van der Waals surface area contributed by atoms with Crippen LogP contribution in [0.1, 0.15) is 284 Å². The van der Waals surface area contributed by atoms with Crippen LogP contribution in [-0.2, 0) is 4.79 Å². The van der Waals surface area contributed by atoms with Gasteiger partial charge in [-0.2, -0.15) is 0 Å². The number of aliphatic hydroxyl groups excluding tert-OH is 3. The Hall–Kier alpha value is -1.17. The van der Waals surface area contributed by atoms with Gasteiger partial charge in [-0.25, -0.2) is 0 Å².